The van der Waals surface area contributed by atoms with Crippen molar-refractivity contribution in [2.75, 3.05) is 13.2 Å². The number of ether oxygens (including phenoxy) is 1. The van der Waals surface area contributed by atoms with Gasteiger partial charge in [-0.3, -0.25) is 4.79 Å². The number of aryl methyl sites for hydroxylation is 1. The van der Waals surface area contributed by atoms with Crippen molar-refractivity contribution in [1.29, 1.82) is 0 Å². The van der Waals surface area contributed by atoms with E-state index in [-0.39, 0.29) is 13.0 Å². The van der Waals surface area contributed by atoms with E-state index in [1.54, 1.807) is 45.0 Å². The molecule has 6 N–H and O–H groups in total. The number of benzene rings is 2. The van der Waals surface area contributed by atoms with Crippen molar-refractivity contribution >= 4 is 12.0 Å². The number of hydrazine groups is 1. The van der Waals surface area contributed by atoms with Gasteiger partial charge in [0.1, 0.15) is 12.1 Å². The van der Waals surface area contributed by atoms with E-state index in [1.807, 2.05) is 36.4 Å². The lowest BCUT2D eigenvalue weighted by atomic mass is 9.88. The number of carbonyl (C=O) groups is 2. The zero-order valence-electron chi connectivity index (χ0n) is 21.3. The number of rotatable bonds is 12. The van der Waals surface area contributed by atoms with Crippen LogP contribution in [-0.4, -0.2) is 63.4 Å². The molecule has 0 heterocycles. The Morgan fingerprint density at radius 2 is 1.53 bits per heavy atom. The fourth-order valence-electron chi connectivity index (χ4n) is 3.58. The molecular weight excluding hydrogens is 462 g/mol. The highest BCUT2D eigenvalue weighted by Gasteiger charge is 2.42. The number of carbonyl (C=O) groups excluding carboxylic acids is 2. The van der Waals surface area contributed by atoms with Gasteiger partial charge in [-0.05, 0) is 42.2 Å². The maximum atomic E-state index is 12.7. The zero-order chi connectivity index (χ0) is 26.8. The third-order valence-electron chi connectivity index (χ3n) is 5.87. The van der Waals surface area contributed by atoms with Crippen molar-refractivity contribution in [3.8, 4) is 0 Å². The van der Waals surface area contributed by atoms with Crippen molar-refractivity contribution in [2.45, 2.75) is 64.4 Å². The summed E-state index contributed by atoms with van der Waals surface area (Å²) in [4.78, 5) is 25.0. The fourth-order valence-corrected chi connectivity index (χ4v) is 3.58. The molecule has 0 bridgehead atoms. The standard InChI is InChI=1S/C27H39N3O6/c1-26(2,3)23(31)24(32)29-19-27(34,35)22(18-21-15-8-5-9-16-21)30(28)25(33)36-17-11-10-14-20-12-6-4-7-13-20/h4-9,12-13,15-16,22-23,31,34-35H,10-11,14,17-19,28H2,1-3H3,(H,29,32). The fraction of sp³-hybridized carbons (Fsp3) is 0.481. The summed E-state index contributed by atoms with van der Waals surface area (Å²) in [5, 5.41) is 34.8. The van der Waals surface area contributed by atoms with Gasteiger partial charge >= 0.3 is 6.09 Å². The Labute approximate surface area is 212 Å². The Hall–Kier alpha value is -2.98. The van der Waals surface area contributed by atoms with Gasteiger partial charge in [-0.2, -0.15) is 0 Å². The number of hydrogen-bond donors (Lipinski definition) is 5. The lowest BCUT2D eigenvalue weighted by Crippen LogP contribution is -2.63. The van der Waals surface area contributed by atoms with Gasteiger partial charge in [-0.1, -0.05) is 81.4 Å². The Kier molecular flexibility index (Phi) is 10.9. The molecule has 2 unspecified atom stereocenters. The largest absolute Gasteiger partial charge is 0.448 e. The molecule has 0 aliphatic rings. The van der Waals surface area contributed by atoms with Gasteiger partial charge in [0.15, 0.2) is 0 Å². The molecule has 0 aromatic heterocycles. The van der Waals surface area contributed by atoms with Crippen LogP contribution in [0, 0.1) is 5.41 Å². The Morgan fingerprint density at radius 3 is 2.08 bits per heavy atom. The second-order valence-electron chi connectivity index (χ2n) is 10.0. The molecule has 0 aliphatic carbocycles. The predicted molar refractivity (Wildman–Crippen MR) is 136 cm³/mol. The summed E-state index contributed by atoms with van der Waals surface area (Å²) >= 11 is 0. The van der Waals surface area contributed by atoms with Crippen LogP contribution in [0.5, 0.6) is 0 Å². The normalized spacial score (nSPS) is 13.5. The van der Waals surface area contributed by atoms with Crippen LogP contribution in [0.25, 0.3) is 0 Å². The molecule has 9 nitrogen and oxygen atoms in total. The average Bonchev–Trinajstić information content (AvgIpc) is 2.85. The number of aliphatic hydroxyl groups excluding tert-OH is 1. The maximum Gasteiger partial charge on any atom is 0.424 e. The predicted octanol–water partition coefficient (Wildman–Crippen LogP) is 2.14. The summed E-state index contributed by atoms with van der Waals surface area (Å²) in [6, 6.07) is 17.5. The average molecular weight is 502 g/mol. The Morgan fingerprint density at radius 1 is 0.972 bits per heavy atom. The van der Waals surface area contributed by atoms with Crippen molar-refractivity contribution in [3.05, 3.63) is 71.8 Å². The van der Waals surface area contributed by atoms with Crippen molar-refractivity contribution in [1.82, 2.24) is 10.3 Å². The monoisotopic (exact) mass is 501 g/mol. The van der Waals surface area contributed by atoms with Crippen molar-refractivity contribution in [3.63, 3.8) is 0 Å². The number of nitrogens with one attached hydrogen (secondary N) is 1. The summed E-state index contributed by atoms with van der Waals surface area (Å²) in [5.74, 6) is 2.64. The molecule has 0 radical (unpaired) electrons. The summed E-state index contributed by atoms with van der Waals surface area (Å²) in [6.07, 6.45) is -0.0216. The van der Waals surface area contributed by atoms with E-state index in [1.165, 1.54) is 5.56 Å². The minimum Gasteiger partial charge on any atom is -0.448 e. The van der Waals surface area contributed by atoms with Crippen LogP contribution in [0.15, 0.2) is 60.7 Å². The molecule has 2 rings (SSSR count). The van der Waals surface area contributed by atoms with Crippen LogP contribution >= 0.6 is 0 Å². The van der Waals surface area contributed by atoms with Crippen LogP contribution in [0.2, 0.25) is 0 Å². The highest BCUT2D eigenvalue weighted by molar-refractivity contribution is 5.81. The van der Waals surface area contributed by atoms with Gasteiger partial charge in [0.2, 0.25) is 11.7 Å². The molecule has 2 amide bonds. The number of nitrogens with two attached hydrogens (primary N) is 1. The number of nitrogens with zero attached hydrogens (tertiary/aromatic N) is 1. The topological polar surface area (TPSA) is 145 Å². The van der Waals surface area contributed by atoms with Gasteiger partial charge in [-0.15, -0.1) is 0 Å². The molecule has 0 saturated heterocycles. The molecule has 0 fully saturated rings. The molecule has 0 saturated carbocycles. The first-order valence-corrected chi connectivity index (χ1v) is 12.1. The molecule has 2 aromatic rings. The first-order chi connectivity index (χ1) is 16.9. The highest BCUT2D eigenvalue weighted by Crippen LogP contribution is 2.21. The number of amides is 2. The van der Waals surface area contributed by atoms with Crippen LogP contribution in [0.3, 0.4) is 0 Å². The molecule has 2 aromatic carbocycles. The third kappa shape index (κ3) is 9.23. The Balaban J connectivity index is 2.00. The van der Waals surface area contributed by atoms with E-state index < -0.39 is 41.9 Å². The van der Waals surface area contributed by atoms with E-state index in [4.69, 9.17) is 10.6 Å². The van der Waals surface area contributed by atoms with E-state index >= 15 is 0 Å². The second-order valence-corrected chi connectivity index (χ2v) is 10.0. The Bertz CT molecular complexity index is 947. The lowest BCUT2D eigenvalue weighted by molar-refractivity contribution is -0.201. The molecule has 0 aliphatic heterocycles. The van der Waals surface area contributed by atoms with Gasteiger partial charge in [0, 0.05) is 0 Å². The quantitative estimate of drug-likeness (QED) is 0.0985. The van der Waals surface area contributed by atoms with E-state index in [2.05, 4.69) is 5.32 Å². The molecule has 198 valence electrons. The minimum atomic E-state index is -2.61. The van der Waals surface area contributed by atoms with E-state index in [0.717, 1.165) is 12.8 Å². The summed E-state index contributed by atoms with van der Waals surface area (Å²) in [5.41, 5.74) is 1.14. The van der Waals surface area contributed by atoms with Crippen molar-refractivity contribution < 1.29 is 29.6 Å². The maximum absolute atomic E-state index is 12.7. The second kappa shape index (κ2) is 13.4. The van der Waals surface area contributed by atoms with Gasteiger partial charge in [-0.25, -0.2) is 15.6 Å². The molecular formula is C27H39N3O6. The number of hydrogen-bond acceptors (Lipinski definition) is 7. The zero-order valence-corrected chi connectivity index (χ0v) is 21.3. The number of aliphatic hydroxyl groups is 3. The van der Waals surface area contributed by atoms with Crippen LogP contribution in [-0.2, 0) is 22.4 Å². The first-order valence-electron chi connectivity index (χ1n) is 12.1. The summed E-state index contributed by atoms with van der Waals surface area (Å²) < 4.78 is 5.28. The molecule has 36 heavy (non-hydrogen) atoms. The molecule has 2 atom stereocenters. The van der Waals surface area contributed by atoms with Crippen LogP contribution in [0.1, 0.15) is 44.7 Å². The SMILES string of the molecule is CC(C)(C)C(O)C(=O)NCC(O)(O)C(Cc1ccccc1)N(N)C(=O)OCCCCc1ccccc1. The third-order valence-corrected chi connectivity index (χ3v) is 5.87. The van der Waals surface area contributed by atoms with E-state index in [0.29, 0.717) is 17.0 Å². The van der Waals surface area contributed by atoms with Crippen LogP contribution in [0.4, 0.5) is 4.79 Å². The van der Waals surface area contributed by atoms with Gasteiger partial charge < -0.3 is 25.4 Å². The summed E-state index contributed by atoms with van der Waals surface area (Å²) in [7, 11) is 0. The first kappa shape index (κ1) is 29.3. The smallest absolute Gasteiger partial charge is 0.424 e. The van der Waals surface area contributed by atoms with E-state index in [9.17, 15) is 24.9 Å². The van der Waals surface area contributed by atoms with Gasteiger partial charge in [0.05, 0.1) is 13.2 Å². The summed E-state index contributed by atoms with van der Waals surface area (Å²) in [6.45, 7) is 4.50. The van der Waals surface area contributed by atoms with Gasteiger partial charge in [0.25, 0.3) is 0 Å². The van der Waals surface area contributed by atoms with Crippen LogP contribution < -0.4 is 11.2 Å². The molecule has 0 spiro atoms. The van der Waals surface area contributed by atoms with Crippen molar-refractivity contribution in [2.24, 2.45) is 11.3 Å². The molecule has 9 heteroatoms. The highest BCUT2D eigenvalue weighted by atomic mass is 16.6. The number of unbranched alkanes of at least 4 members (excludes halogenated alkanes) is 1. The minimum absolute atomic E-state index is 0.00879. The lowest BCUT2D eigenvalue weighted by Gasteiger charge is -2.37.